The number of aryl methyl sites for hydroxylation is 1. The molecular formula is C11H20N4O3S. The molecule has 1 aliphatic rings. The molecule has 19 heavy (non-hydrogen) atoms. The Kier molecular flexibility index (Phi) is 4.56. The first-order chi connectivity index (χ1) is 9.08. The van der Waals surface area contributed by atoms with Gasteiger partial charge < -0.3 is 10.1 Å². The van der Waals surface area contributed by atoms with Gasteiger partial charge in [0.25, 0.3) is 10.0 Å². The smallest absolute Gasteiger partial charge is 0.258 e. The molecule has 1 aliphatic heterocycles. The maximum atomic E-state index is 12.4. The van der Waals surface area contributed by atoms with Crippen LogP contribution in [0.4, 0.5) is 0 Å². The molecule has 0 unspecified atom stereocenters. The lowest BCUT2D eigenvalue weighted by Gasteiger charge is -2.18. The SMILES string of the molecule is CCCn1nccc1S(=O)(=O)N[C@H]1CNC[C@@H]1OC. The van der Waals surface area contributed by atoms with Crippen LogP contribution in [0.3, 0.4) is 0 Å². The third-order valence-corrected chi connectivity index (χ3v) is 4.67. The monoisotopic (exact) mass is 288 g/mol. The number of ether oxygens (including phenoxy) is 1. The van der Waals surface area contributed by atoms with Crippen molar-refractivity contribution in [2.24, 2.45) is 0 Å². The molecule has 0 saturated carbocycles. The number of nitrogens with zero attached hydrogens (tertiary/aromatic N) is 2. The van der Waals surface area contributed by atoms with E-state index in [4.69, 9.17) is 4.74 Å². The van der Waals surface area contributed by atoms with Gasteiger partial charge in [-0.1, -0.05) is 6.92 Å². The molecule has 0 bridgehead atoms. The summed E-state index contributed by atoms with van der Waals surface area (Å²) >= 11 is 0. The summed E-state index contributed by atoms with van der Waals surface area (Å²) in [6, 6.07) is 1.27. The van der Waals surface area contributed by atoms with Crippen LogP contribution in [-0.4, -0.2) is 50.5 Å². The molecule has 1 fully saturated rings. The summed E-state index contributed by atoms with van der Waals surface area (Å²) in [5.41, 5.74) is 0. The van der Waals surface area contributed by atoms with Crippen LogP contribution in [0.15, 0.2) is 17.3 Å². The number of aromatic nitrogens is 2. The molecule has 1 saturated heterocycles. The normalized spacial score (nSPS) is 23.9. The minimum absolute atomic E-state index is 0.141. The molecule has 0 aromatic carbocycles. The predicted octanol–water partition coefficient (Wildman–Crippen LogP) is -0.442. The molecule has 0 amide bonds. The number of nitrogens with one attached hydrogen (secondary N) is 2. The van der Waals surface area contributed by atoms with Crippen molar-refractivity contribution in [3.63, 3.8) is 0 Å². The van der Waals surface area contributed by atoms with Crippen LogP contribution in [0.5, 0.6) is 0 Å². The molecular weight excluding hydrogens is 268 g/mol. The minimum atomic E-state index is -3.57. The lowest BCUT2D eigenvalue weighted by molar-refractivity contribution is 0.103. The molecule has 2 heterocycles. The fourth-order valence-electron chi connectivity index (χ4n) is 2.21. The molecule has 1 aromatic heterocycles. The quantitative estimate of drug-likeness (QED) is 0.741. The zero-order valence-electron chi connectivity index (χ0n) is 11.2. The zero-order valence-corrected chi connectivity index (χ0v) is 12.0. The molecule has 8 heteroatoms. The first kappa shape index (κ1) is 14.4. The van der Waals surface area contributed by atoms with Gasteiger partial charge in [-0.15, -0.1) is 0 Å². The molecule has 2 N–H and O–H groups in total. The van der Waals surface area contributed by atoms with Crippen molar-refractivity contribution in [3.8, 4) is 0 Å². The summed E-state index contributed by atoms with van der Waals surface area (Å²) < 4.78 is 34.1. The van der Waals surface area contributed by atoms with Gasteiger partial charge in [0, 0.05) is 26.7 Å². The summed E-state index contributed by atoms with van der Waals surface area (Å²) in [5, 5.41) is 7.35. The van der Waals surface area contributed by atoms with E-state index in [1.165, 1.54) is 16.9 Å². The van der Waals surface area contributed by atoms with E-state index in [-0.39, 0.29) is 17.2 Å². The van der Waals surface area contributed by atoms with Crippen LogP contribution in [-0.2, 0) is 21.3 Å². The van der Waals surface area contributed by atoms with Gasteiger partial charge in [-0.05, 0) is 12.5 Å². The Bertz CT molecular complexity index is 514. The predicted molar refractivity (Wildman–Crippen MR) is 70.3 cm³/mol. The van der Waals surface area contributed by atoms with Crippen molar-refractivity contribution < 1.29 is 13.2 Å². The molecule has 108 valence electrons. The summed E-state index contributed by atoms with van der Waals surface area (Å²) in [6.07, 6.45) is 2.19. The van der Waals surface area contributed by atoms with Crippen molar-refractivity contribution in [2.45, 2.75) is 37.1 Å². The van der Waals surface area contributed by atoms with Crippen LogP contribution in [0.2, 0.25) is 0 Å². The highest BCUT2D eigenvalue weighted by atomic mass is 32.2. The second kappa shape index (κ2) is 6.00. The molecule has 0 spiro atoms. The first-order valence-corrected chi connectivity index (χ1v) is 7.84. The Hall–Kier alpha value is -0.960. The maximum Gasteiger partial charge on any atom is 0.258 e. The van der Waals surface area contributed by atoms with E-state index in [9.17, 15) is 8.42 Å². The van der Waals surface area contributed by atoms with E-state index in [1.54, 1.807) is 7.11 Å². The second-order valence-corrected chi connectivity index (χ2v) is 6.21. The third kappa shape index (κ3) is 3.14. The van der Waals surface area contributed by atoms with Crippen LogP contribution in [0.25, 0.3) is 0 Å². The largest absolute Gasteiger partial charge is 0.378 e. The lowest BCUT2D eigenvalue weighted by Crippen LogP contribution is -2.44. The average Bonchev–Trinajstić information content (AvgIpc) is 2.98. The molecule has 1 aromatic rings. The highest BCUT2D eigenvalue weighted by molar-refractivity contribution is 7.89. The van der Waals surface area contributed by atoms with Crippen LogP contribution < -0.4 is 10.0 Å². The number of rotatable bonds is 6. The van der Waals surface area contributed by atoms with Crippen molar-refractivity contribution >= 4 is 10.0 Å². The van der Waals surface area contributed by atoms with Gasteiger partial charge >= 0.3 is 0 Å². The number of hydrogen-bond donors (Lipinski definition) is 2. The Labute approximate surface area is 113 Å². The van der Waals surface area contributed by atoms with E-state index in [2.05, 4.69) is 15.1 Å². The number of sulfonamides is 1. The minimum Gasteiger partial charge on any atom is -0.378 e. The van der Waals surface area contributed by atoms with E-state index in [0.29, 0.717) is 19.6 Å². The maximum absolute atomic E-state index is 12.4. The standard InChI is InChI=1S/C11H20N4O3S/c1-3-6-15-11(4-5-13-15)19(16,17)14-9-7-12-8-10(9)18-2/h4-5,9-10,12,14H,3,6-8H2,1-2H3/t9-,10-/m0/s1. The zero-order chi connectivity index (χ0) is 13.9. The van der Waals surface area contributed by atoms with Crippen LogP contribution in [0, 0.1) is 0 Å². The summed E-state index contributed by atoms with van der Waals surface area (Å²) in [5.74, 6) is 0. The van der Waals surface area contributed by atoms with Crippen molar-refractivity contribution in [2.75, 3.05) is 20.2 Å². The fraction of sp³-hybridized carbons (Fsp3) is 0.727. The molecule has 7 nitrogen and oxygen atoms in total. The van der Waals surface area contributed by atoms with Crippen molar-refractivity contribution in [1.82, 2.24) is 19.8 Å². The Morgan fingerprint density at radius 3 is 3.05 bits per heavy atom. The molecule has 2 atom stereocenters. The van der Waals surface area contributed by atoms with Crippen molar-refractivity contribution in [3.05, 3.63) is 12.3 Å². The summed E-state index contributed by atoms with van der Waals surface area (Å²) in [6.45, 7) is 3.78. The fourth-order valence-corrected chi connectivity index (χ4v) is 3.62. The van der Waals surface area contributed by atoms with Gasteiger partial charge in [0.2, 0.25) is 0 Å². The van der Waals surface area contributed by atoms with Gasteiger partial charge in [0.05, 0.1) is 18.3 Å². The van der Waals surface area contributed by atoms with E-state index in [1.807, 2.05) is 6.92 Å². The second-order valence-electron chi connectivity index (χ2n) is 4.55. The van der Waals surface area contributed by atoms with E-state index < -0.39 is 10.0 Å². The van der Waals surface area contributed by atoms with Gasteiger partial charge in [0.1, 0.15) is 0 Å². The summed E-state index contributed by atoms with van der Waals surface area (Å²) in [7, 11) is -1.98. The Morgan fingerprint density at radius 1 is 1.58 bits per heavy atom. The molecule has 0 radical (unpaired) electrons. The van der Waals surface area contributed by atoms with Gasteiger partial charge in [-0.3, -0.25) is 4.68 Å². The molecule has 0 aliphatic carbocycles. The lowest BCUT2D eigenvalue weighted by atomic mass is 10.2. The Morgan fingerprint density at radius 2 is 2.37 bits per heavy atom. The number of hydrogen-bond acceptors (Lipinski definition) is 5. The van der Waals surface area contributed by atoms with Gasteiger partial charge in [0.15, 0.2) is 5.03 Å². The van der Waals surface area contributed by atoms with E-state index >= 15 is 0 Å². The van der Waals surface area contributed by atoms with Gasteiger partial charge in [-0.2, -0.15) is 5.10 Å². The third-order valence-electron chi connectivity index (χ3n) is 3.16. The van der Waals surface area contributed by atoms with E-state index in [0.717, 1.165) is 6.42 Å². The van der Waals surface area contributed by atoms with Crippen molar-refractivity contribution in [1.29, 1.82) is 0 Å². The van der Waals surface area contributed by atoms with Crippen LogP contribution >= 0.6 is 0 Å². The topological polar surface area (TPSA) is 85.2 Å². The average molecular weight is 288 g/mol. The highest BCUT2D eigenvalue weighted by Crippen LogP contribution is 2.12. The number of methoxy groups -OCH3 is 1. The molecule has 2 rings (SSSR count). The van der Waals surface area contributed by atoms with Gasteiger partial charge in [-0.25, -0.2) is 13.1 Å². The highest BCUT2D eigenvalue weighted by Gasteiger charge is 2.32. The summed E-state index contributed by atoms with van der Waals surface area (Å²) in [4.78, 5) is 0. The Balaban J connectivity index is 2.15. The first-order valence-electron chi connectivity index (χ1n) is 6.36. The van der Waals surface area contributed by atoms with Crippen LogP contribution in [0.1, 0.15) is 13.3 Å².